The molecule has 0 aromatic carbocycles. The zero-order valence-corrected chi connectivity index (χ0v) is 14.4. The second-order valence-corrected chi connectivity index (χ2v) is 5.68. The maximum absolute atomic E-state index is 5.33. The summed E-state index contributed by atoms with van der Waals surface area (Å²) in [7, 11) is 5.22. The summed E-state index contributed by atoms with van der Waals surface area (Å²) in [5, 5.41) is 0. The minimum Gasteiger partial charge on any atom is -0.481 e. The molecule has 0 unspecified atom stereocenters. The number of hydrogen-bond donors (Lipinski definition) is 0. The molecule has 2 rings (SSSR count). The molecule has 0 aliphatic rings. The first-order chi connectivity index (χ1) is 11.0. The Morgan fingerprint density at radius 2 is 2.00 bits per heavy atom. The van der Waals surface area contributed by atoms with Crippen LogP contribution in [0.4, 0.5) is 0 Å². The van der Waals surface area contributed by atoms with Gasteiger partial charge in [-0.1, -0.05) is 0 Å². The van der Waals surface area contributed by atoms with Crippen molar-refractivity contribution in [3.63, 3.8) is 0 Å². The van der Waals surface area contributed by atoms with Gasteiger partial charge in [0.15, 0.2) is 0 Å². The molecule has 0 bridgehead atoms. The Hall–Kier alpha value is -2.21. The highest BCUT2D eigenvalue weighted by Gasteiger charge is 2.15. The van der Waals surface area contributed by atoms with E-state index < -0.39 is 0 Å². The van der Waals surface area contributed by atoms with Crippen molar-refractivity contribution in [1.82, 2.24) is 19.9 Å². The topological polar surface area (TPSA) is 60.4 Å². The van der Waals surface area contributed by atoms with Crippen LogP contribution in [0.2, 0.25) is 0 Å². The number of aromatic nitrogens is 3. The molecule has 0 radical (unpaired) electrons. The zero-order valence-electron chi connectivity index (χ0n) is 14.4. The van der Waals surface area contributed by atoms with Gasteiger partial charge in [0.2, 0.25) is 5.88 Å². The van der Waals surface area contributed by atoms with E-state index >= 15 is 0 Å². The molecule has 6 heteroatoms. The monoisotopic (exact) mass is 316 g/mol. The van der Waals surface area contributed by atoms with E-state index in [0.717, 1.165) is 17.7 Å². The third-order valence-corrected chi connectivity index (χ3v) is 3.83. The molecule has 2 heterocycles. The fraction of sp³-hybridized carbons (Fsp3) is 0.471. The highest BCUT2D eigenvalue weighted by atomic mass is 16.5. The molecule has 2 aromatic heterocycles. The molecule has 124 valence electrons. The molecule has 0 aliphatic carbocycles. The van der Waals surface area contributed by atoms with Gasteiger partial charge in [-0.05, 0) is 38.6 Å². The van der Waals surface area contributed by atoms with Gasteiger partial charge < -0.3 is 9.47 Å². The standard InChI is InChI=1S/C17H24N4O2/c1-12-6-7-18-15(8-12)9-13(2)21(3)11-14-10-19-17(23-5)20-16(14)22-4/h6-8,10,13H,9,11H2,1-5H3/t13-/m0/s1. The van der Waals surface area contributed by atoms with Crippen molar-refractivity contribution in [1.29, 1.82) is 0 Å². The van der Waals surface area contributed by atoms with Crippen LogP contribution in [-0.4, -0.2) is 47.2 Å². The number of ether oxygens (including phenoxy) is 2. The van der Waals surface area contributed by atoms with Gasteiger partial charge in [-0.3, -0.25) is 9.88 Å². The average Bonchev–Trinajstić information content (AvgIpc) is 2.55. The second kappa shape index (κ2) is 7.87. The maximum Gasteiger partial charge on any atom is 0.319 e. The van der Waals surface area contributed by atoms with Crippen LogP contribution in [0.5, 0.6) is 11.9 Å². The summed E-state index contributed by atoms with van der Waals surface area (Å²) < 4.78 is 10.4. The number of methoxy groups -OCH3 is 2. The molecule has 2 aromatic rings. The molecule has 0 fully saturated rings. The number of hydrogen-bond acceptors (Lipinski definition) is 6. The quantitative estimate of drug-likeness (QED) is 0.781. The Morgan fingerprint density at radius 1 is 1.22 bits per heavy atom. The number of rotatable bonds is 7. The van der Waals surface area contributed by atoms with E-state index in [4.69, 9.17) is 9.47 Å². The lowest BCUT2D eigenvalue weighted by Gasteiger charge is -2.25. The highest BCUT2D eigenvalue weighted by molar-refractivity contribution is 5.25. The third-order valence-electron chi connectivity index (χ3n) is 3.83. The molecule has 0 amide bonds. The predicted molar refractivity (Wildman–Crippen MR) is 88.7 cm³/mol. The lowest BCUT2D eigenvalue weighted by Crippen LogP contribution is -2.31. The van der Waals surface area contributed by atoms with E-state index in [1.807, 2.05) is 12.3 Å². The van der Waals surface area contributed by atoms with Crippen molar-refractivity contribution in [2.24, 2.45) is 0 Å². The first-order valence-corrected chi connectivity index (χ1v) is 7.59. The van der Waals surface area contributed by atoms with E-state index in [1.54, 1.807) is 13.3 Å². The van der Waals surface area contributed by atoms with Crippen LogP contribution in [-0.2, 0) is 13.0 Å². The summed E-state index contributed by atoms with van der Waals surface area (Å²) >= 11 is 0. The lowest BCUT2D eigenvalue weighted by atomic mass is 10.1. The molecule has 0 N–H and O–H groups in total. The van der Waals surface area contributed by atoms with Crippen molar-refractivity contribution in [3.8, 4) is 11.9 Å². The Bertz CT molecular complexity index is 648. The van der Waals surface area contributed by atoms with Gasteiger partial charge >= 0.3 is 6.01 Å². The summed E-state index contributed by atoms with van der Waals surface area (Å²) in [6, 6.07) is 4.78. The minimum absolute atomic E-state index is 0.310. The third kappa shape index (κ3) is 4.63. The van der Waals surface area contributed by atoms with Crippen LogP contribution in [0.15, 0.2) is 24.5 Å². The minimum atomic E-state index is 0.310. The van der Waals surface area contributed by atoms with Gasteiger partial charge in [0.05, 0.1) is 14.2 Å². The molecular weight excluding hydrogens is 292 g/mol. The van der Waals surface area contributed by atoms with E-state index in [9.17, 15) is 0 Å². The zero-order chi connectivity index (χ0) is 16.8. The smallest absolute Gasteiger partial charge is 0.319 e. The molecular formula is C17H24N4O2. The average molecular weight is 316 g/mol. The van der Waals surface area contributed by atoms with E-state index in [-0.39, 0.29) is 0 Å². The second-order valence-electron chi connectivity index (χ2n) is 5.68. The Morgan fingerprint density at radius 3 is 2.65 bits per heavy atom. The van der Waals surface area contributed by atoms with Crippen molar-refractivity contribution in [2.45, 2.75) is 32.9 Å². The molecule has 0 saturated heterocycles. The fourth-order valence-corrected chi connectivity index (χ4v) is 2.35. The van der Waals surface area contributed by atoms with Gasteiger partial charge in [0, 0.05) is 42.7 Å². The molecule has 23 heavy (non-hydrogen) atoms. The first kappa shape index (κ1) is 17.1. The van der Waals surface area contributed by atoms with Crippen molar-refractivity contribution < 1.29 is 9.47 Å². The van der Waals surface area contributed by atoms with Gasteiger partial charge in [0.25, 0.3) is 0 Å². The number of nitrogens with zero attached hydrogens (tertiary/aromatic N) is 4. The van der Waals surface area contributed by atoms with Crippen molar-refractivity contribution in [3.05, 3.63) is 41.3 Å². The summed E-state index contributed by atoms with van der Waals surface area (Å²) in [6.45, 7) is 4.96. The van der Waals surface area contributed by atoms with E-state index in [0.29, 0.717) is 24.5 Å². The highest BCUT2D eigenvalue weighted by Crippen LogP contribution is 2.20. The van der Waals surface area contributed by atoms with Gasteiger partial charge in [-0.2, -0.15) is 4.98 Å². The Labute approximate surface area is 137 Å². The fourth-order valence-electron chi connectivity index (χ4n) is 2.35. The Balaban J connectivity index is 2.04. The van der Waals surface area contributed by atoms with Crippen molar-refractivity contribution >= 4 is 0 Å². The molecule has 1 atom stereocenters. The number of likely N-dealkylation sites (N-methyl/N-ethyl adjacent to an activating group) is 1. The number of aryl methyl sites for hydroxylation is 1. The van der Waals surface area contributed by atoms with Crippen LogP contribution >= 0.6 is 0 Å². The van der Waals surface area contributed by atoms with Gasteiger partial charge in [-0.15, -0.1) is 0 Å². The van der Waals surface area contributed by atoms with Crippen LogP contribution < -0.4 is 9.47 Å². The predicted octanol–water partition coefficient (Wildman–Crippen LogP) is 2.26. The summed E-state index contributed by atoms with van der Waals surface area (Å²) in [6.07, 6.45) is 4.49. The van der Waals surface area contributed by atoms with Crippen molar-refractivity contribution in [2.75, 3.05) is 21.3 Å². The number of pyridine rings is 1. The van der Waals surface area contributed by atoms with E-state index in [2.05, 4.69) is 46.8 Å². The SMILES string of the molecule is COc1ncc(CN(C)[C@@H](C)Cc2cc(C)ccn2)c(OC)n1. The molecule has 0 saturated carbocycles. The molecule has 0 spiro atoms. The summed E-state index contributed by atoms with van der Waals surface area (Å²) in [5.41, 5.74) is 3.26. The van der Waals surface area contributed by atoms with Gasteiger partial charge in [0.1, 0.15) is 0 Å². The van der Waals surface area contributed by atoms with Crippen LogP contribution in [0.25, 0.3) is 0 Å². The van der Waals surface area contributed by atoms with E-state index in [1.165, 1.54) is 12.7 Å². The van der Waals surface area contributed by atoms with Gasteiger partial charge in [-0.25, -0.2) is 4.98 Å². The lowest BCUT2D eigenvalue weighted by molar-refractivity contribution is 0.240. The Kier molecular flexibility index (Phi) is 5.87. The van der Waals surface area contributed by atoms with Crippen LogP contribution in [0, 0.1) is 6.92 Å². The molecule has 6 nitrogen and oxygen atoms in total. The first-order valence-electron chi connectivity index (χ1n) is 7.59. The maximum atomic E-state index is 5.33. The normalized spacial score (nSPS) is 12.3. The van der Waals surface area contributed by atoms with Crippen LogP contribution in [0.3, 0.4) is 0 Å². The molecule has 0 aliphatic heterocycles. The largest absolute Gasteiger partial charge is 0.481 e. The van der Waals surface area contributed by atoms with Crippen LogP contribution in [0.1, 0.15) is 23.7 Å². The summed E-state index contributed by atoms with van der Waals surface area (Å²) in [5.74, 6) is 0.546. The summed E-state index contributed by atoms with van der Waals surface area (Å²) in [4.78, 5) is 15.1.